The predicted molar refractivity (Wildman–Crippen MR) is 111 cm³/mol. The lowest BCUT2D eigenvalue weighted by molar-refractivity contribution is -0.133. The molecule has 31 heavy (non-hydrogen) atoms. The van der Waals surface area contributed by atoms with Crippen molar-refractivity contribution in [1.82, 2.24) is 25.1 Å². The van der Waals surface area contributed by atoms with Crippen LogP contribution < -0.4 is 10.6 Å². The monoisotopic (exact) mass is 427 g/mol. The SMILES string of the molecule is CCCNC(=O)c1ncn2c1C(=O)N(C1CC1)C(C)(C(=O)NCc1ccc(F)cc1)C2. The van der Waals surface area contributed by atoms with Crippen molar-refractivity contribution in [3.63, 3.8) is 0 Å². The van der Waals surface area contributed by atoms with Gasteiger partial charge in [-0.25, -0.2) is 9.37 Å². The first kappa shape index (κ1) is 21.0. The lowest BCUT2D eigenvalue weighted by Gasteiger charge is -2.44. The second kappa shape index (κ2) is 8.13. The van der Waals surface area contributed by atoms with Gasteiger partial charge < -0.3 is 20.1 Å². The zero-order chi connectivity index (χ0) is 22.2. The minimum absolute atomic E-state index is 0.0377. The first-order valence-electron chi connectivity index (χ1n) is 10.5. The number of carbonyl (C=O) groups is 3. The molecule has 0 radical (unpaired) electrons. The van der Waals surface area contributed by atoms with Crippen LogP contribution in [-0.2, 0) is 17.9 Å². The minimum Gasteiger partial charge on any atom is -0.351 e. The van der Waals surface area contributed by atoms with E-state index < -0.39 is 5.54 Å². The van der Waals surface area contributed by atoms with Crippen LogP contribution >= 0.6 is 0 Å². The van der Waals surface area contributed by atoms with Crippen molar-refractivity contribution in [2.45, 2.75) is 57.8 Å². The minimum atomic E-state index is -1.12. The van der Waals surface area contributed by atoms with Gasteiger partial charge in [-0.15, -0.1) is 0 Å². The summed E-state index contributed by atoms with van der Waals surface area (Å²) in [4.78, 5) is 45.0. The van der Waals surface area contributed by atoms with Crippen molar-refractivity contribution >= 4 is 17.7 Å². The van der Waals surface area contributed by atoms with Gasteiger partial charge in [0.1, 0.15) is 17.1 Å². The Hall–Kier alpha value is -3.23. The Labute approximate surface area is 179 Å². The number of fused-ring (bicyclic) bond motifs is 1. The van der Waals surface area contributed by atoms with Gasteiger partial charge in [0.05, 0.1) is 12.9 Å². The maximum absolute atomic E-state index is 13.5. The fourth-order valence-corrected chi connectivity index (χ4v) is 4.02. The Morgan fingerprint density at radius 2 is 1.94 bits per heavy atom. The molecular formula is C22H26FN5O3. The molecule has 3 amide bonds. The smallest absolute Gasteiger partial charge is 0.274 e. The summed E-state index contributed by atoms with van der Waals surface area (Å²) in [7, 11) is 0. The molecule has 1 aliphatic carbocycles. The van der Waals surface area contributed by atoms with Crippen molar-refractivity contribution in [1.29, 1.82) is 0 Å². The van der Waals surface area contributed by atoms with E-state index in [0.29, 0.717) is 6.54 Å². The van der Waals surface area contributed by atoms with Crippen molar-refractivity contribution in [3.05, 3.63) is 53.4 Å². The van der Waals surface area contributed by atoms with Crippen molar-refractivity contribution < 1.29 is 18.8 Å². The molecule has 1 atom stereocenters. The van der Waals surface area contributed by atoms with Gasteiger partial charge in [-0.3, -0.25) is 14.4 Å². The van der Waals surface area contributed by atoms with Crippen LogP contribution in [0.3, 0.4) is 0 Å². The van der Waals surface area contributed by atoms with E-state index in [4.69, 9.17) is 0 Å². The van der Waals surface area contributed by atoms with Gasteiger partial charge in [-0.05, 0) is 43.9 Å². The van der Waals surface area contributed by atoms with Gasteiger partial charge in [-0.2, -0.15) is 0 Å². The topological polar surface area (TPSA) is 96.3 Å². The molecule has 2 aliphatic rings. The number of hydrogen-bond donors (Lipinski definition) is 2. The van der Waals surface area contributed by atoms with Gasteiger partial charge in [-0.1, -0.05) is 19.1 Å². The third-order valence-corrected chi connectivity index (χ3v) is 5.79. The van der Waals surface area contributed by atoms with E-state index in [1.807, 2.05) is 6.92 Å². The van der Waals surface area contributed by atoms with Crippen LogP contribution in [0.2, 0.25) is 0 Å². The van der Waals surface area contributed by atoms with Crippen LogP contribution in [0.25, 0.3) is 0 Å². The fraction of sp³-hybridized carbons (Fsp3) is 0.455. The zero-order valence-electron chi connectivity index (χ0n) is 17.7. The average Bonchev–Trinajstić information content (AvgIpc) is 3.49. The number of rotatable bonds is 7. The van der Waals surface area contributed by atoms with Crippen LogP contribution in [0.1, 0.15) is 59.7 Å². The summed E-state index contributed by atoms with van der Waals surface area (Å²) in [6.07, 6.45) is 3.86. The van der Waals surface area contributed by atoms with Crippen LogP contribution in [0.4, 0.5) is 4.39 Å². The number of imidazole rings is 1. The summed E-state index contributed by atoms with van der Waals surface area (Å²) in [5.41, 5.74) is -0.0396. The molecular weight excluding hydrogens is 401 g/mol. The number of amides is 3. The largest absolute Gasteiger partial charge is 0.351 e. The maximum Gasteiger partial charge on any atom is 0.274 e. The van der Waals surface area contributed by atoms with Gasteiger partial charge in [0, 0.05) is 19.1 Å². The Morgan fingerprint density at radius 1 is 1.23 bits per heavy atom. The highest BCUT2D eigenvalue weighted by molar-refractivity contribution is 6.07. The second-order valence-electron chi connectivity index (χ2n) is 8.31. The summed E-state index contributed by atoms with van der Waals surface area (Å²) in [6.45, 7) is 4.60. The molecule has 0 spiro atoms. The molecule has 2 N–H and O–H groups in total. The number of halogens is 1. The highest BCUT2D eigenvalue weighted by Gasteiger charge is 2.53. The van der Waals surface area contributed by atoms with E-state index in [0.717, 1.165) is 24.8 Å². The predicted octanol–water partition coefficient (Wildman–Crippen LogP) is 1.86. The molecule has 164 valence electrons. The van der Waals surface area contributed by atoms with Crippen LogP contribution in [0, 0.1) is 5.82 Å². The second-order valence-corrected chi connectivity index (χ2v) is 8.31. The average molecular weight is 427 g/mol. The highest BCUT2D eigenvalue weighted by atomic mass is 19.1. The normalized spacial score (nSPS) is 20.4. The fourth-order valence-electron chi connectivity index (χ4n) is 4.02. The molecule has 1 fully saturated rings. The Balaban J connectivity index is 1.59. The van der Waals surface area contributed by atoms with Crippen molar-refractivity contribution in [3.8, 4) is 0 Å². The third kappa shape index (κ3) is 3.92. The summed E-state index contributed by atoms with van der Waals surface area (Å²) in [5, 5.41) is 5.64. The Kier molecular flexibility index (Phi) is 5.51. The van der Waals surface area contributed by atoms with E-state index in [9.17, 15) is 18.8 Å². The lowest BCUT2D eigenvalue weighted by Crippen LogP contribution is -2.64. The lowest BCUT2D eigenvalue weighted by atomic mass is 9.93. The molecule has 1 aromatic heterocycles. The van der Waals surface area contributed by atoms with Crippen LogP contribution in [0.5, 0.6) is 0 Å². The standard InChI is InChI=1S/C22H26FN5O3/c1-3-10-24-19(29)17-18-20(30)28(16-8-9-16)22(2,12-27(18)13-26-17)21(31)25-11-14-4-6-15(23)7-5-14/h4-7,13,16H,3,8-12H2,1-2H3,(H,24,29)(H,25,31). The molecule has 2 aromatic rings. The van der Waals surface area contributed by atoms with E-state index in [-0.39, 0.29) is 54.1 Å². The molecule has 1 aromatic carbocycles. The zero-order valence-corrected chi connectivity index (χ0v) is 17.7. The molecule has 1 unspecified atom stereocenters. The van der Waals surface area contributed by atoms with Gasteiger partial charge in [0.2, 0.25) is 5.91 Å². The van der Waals surface area contributed by atoms with E-state index in [1.54, 1.807) is 28.5 Å². The number of nitrogens with zero attached hydrogens (tertiary/aromatic N) is 3. The molecule has 0 bridgehead atoms. The van der Waals surface area contributed by atoms with Gasteiger partial charge in [0.15, 0.2) is 5.69 Å². The third-order valence-electron chi connectivity index (χ3n) is 5.79. The van der Waals surface area contributed by atoms with E-state index in [1.165, 1.54) is 18.5 Å². The first-order valence-corrected chi connectivity index (χ1v) is 10.5. The molecule has 0 saturated heterocycles. The van der Waals surface area contributed by atoms with Crippen LogP contribution in [0.15, 0.2) is 30.6 Å². The Bertz CT molecular complexity index is 1010. The quantitative estimate of drug-likeness (QED) is 0.705. The number of hydrogen-bond acceptors (Lipinski definition) is 4. The summed E-state index contributed by atoms with van der Waals surface area (Å²) in [5.74, 6) is -1.38. The number of nitrogens with one attached hydrogen (secondary N) is 2. The van der Waals surface area contributed by atoms with E-state index in [2.05, 4.69) is 15.6 Å². The highest BCUT2D eigenvalue weighted by Crippen LogP contribution is 2.38. The maximum atomic E-state index is 13.5. The van der Waals surface area contributed by atoms with Crippen LogP contribution in [-0.4, -0.2) is 50.3 Å². The van der Waals surface area contributed by atoms with E-state index >= 15 is 0 Å². The Morgan fingerprint density at radius 3 is 2.58 bits per heavy atom. The molecule has 8 nitrogen and oxygen atoms in total. The summed E-state index contributed by atoms with van der Waals surface area (Å²) in [6, 6.07) is 5.86. The molecule has 9 heteroatoms. The van der Waals surface area contributed by atoms with Gasteiger partial charge >= 0.3 is 0 Å². The summed E-state index contributed by atoms with van der Waals surface area (Å²) < 4.78 is 14.7. The summed E-state index contributed by atoms with van der Waals surface area (Å²) >= 11 is 0. The van der Waals surface area contributed by atoms with Crippen molar-refractivity contribution in [2.24, 2.45) is 0 Å². The number of carbonyl (C=O) groups excluding carboxylic acids is 3. The number of benzene rings is 1. The molecule has 1 saturated carbocycles. The van der Waals surface area contributed by atoms with Gasteiger partial charge in [0.25, 0.3) is 11.8 Å². The number of aromatic nitrogens is 2. The first-order chi connectivity index (χ1) is 14.8. The molecule has 1 aliphatic heterocycles. The van der Waals surface area contributed by atoms with Crippen molar-refractivity contribution in [2.75, 3.05) is 6.54 Å². The molecule has 4 rings (SSSR count). The molecule has 2 heterocycles.